The lowest BCUT2D eigenvalue weighted by Crippen LogP contribution is -2.28. The van der Waals surface area contributed by atoms with Gasteiger partial charge >= 0.3 is 5.97 Å². The molecule has 2 aromatic rings. The fourth-order valence-corrected chi connectivity index (χ4v) is 3.44. The van der Waals surface area contributed by atoms with E-state index in [1.165, 1.54) is 11.8 Å². The second kappa shape index (κ2) is 8.26. The van der Waals surface area contributed by atoms with Crippen molar-refractivity contribution in [3.05, 3.63) is 59.2 Å². The highest BCUT2D eigenvalue weighted by molar-refractivity contribution is 8.00. The van der Waals surface area contributed by atoms with Gasteiger partial charge in [-0.15, -0.1) is 11.8 Å². The van der Waals surface area contributed by atoms with Gasteiger partial charge in [0.2, 0.25) is 5.91 Å². The number of hydrogen-bond donors (Lipinski definition) is 2. The third-order valence-electron chi connectivity index (χ3n) is 4.09. The lowest BCUT2D eigenvalue weighted by atomic mass is 10.1. The Morgan fingerprint density at radius 1 is 1.19 bits per heavy atom. The maximum atomic E-state index is 12.2. The molecular formula is C20H20N2O4S. The van der Waals surface area contributed by atoms with Gasteiger partial charge in [-0.3, -0.25) is 9.59 Å². The quantitative estimate of drug-likeness (QED) is 0.775. The van der Waals surface area contributed by atoms with E-state index in [9.17, 15) is 14.4 Å². The Hall–Kier alpha value is -2.80. The molecule has 1 unspecified atom stereocenters. The average molecular weight is 384 g/mol. The third-order valence-corrected chi connectivity index (χ3v) is 5.27. The molecule has 0 aromatic heterocycles. The number of benzene rings is 2. The lowest BCUT2D eigenvalue weighted by molar-refractivity contribution is -0.124. The number of anilines is 1. The second-order valence-electron chi connectivity index (χ2n) is 6.30. The van der Waals surface area contributed by atoms with Gasteiger partial charge in [0.25, 0.3) is 5.91 Å². The van der Waals surface area contributed by atoms with Gasteiger partial charge in [-0.1, -0.05) is 29.8 Å². The number of nitrogens with one attached hydrogen (secondary N) is 2. The molecule has 0 radical (unpaired) electrons. The van der Waals surface area contributed by atoms with E-state index in [4.69, 9.17) is 4.74 Å². The SMILES string of the molecule is Cc1ccc(CNC(=O)COC(=O)c2ccc3c(c2)NC(=O)C(C)S3)cc1. The molecule has 27 heavy (non-hydrogen) atoms. The minimum Gasteiger partial charge on any atom is -0.452 e. The number of fused-ring (bicyclic) bond motifs is 1. The zero-order valence-corrected chi connectivity index (χ0v) is 15.9. The van der Waals surface area contributed by atoms with Crippen molar-refractivity contribution in [2.75, 3.05) is 11.9 Å². The predicted molar refractivity (Wildman–Crippen MR) is 104 cm³/mol. The van der Waals surface area contributed by atoms with Crippen molar-refractivity contribution >= 4 is 35.2 Å². The third kappa shape index (κ3) is 4.89. The van der Waals surface area contributed by atoms with Gasteiger partial charge in [0.05, 0.1) is 16.5 Å². The summed E-state index contributed by atoms with van der Waals surface area (Å²) in [4.78, 5) is 36.7. The molecule has 2 aromatic carbocycles. The van der Waals surface area contributed by atoms with Gasteiger partial charge in [0.15, 0.2) is 6.61 Å². The van der Waals surface area contributed by atoms with Crippen LogP contribution in [0.5, 0.6) is 0 Å². The van der Waals surface area contributed by atoms with Crippen LogP contribution in [0.15, 0.2) is 47.4 Å². The van der Waals surface area contributed by atoms with Crippen molar-refractivity contribution in [1.82, 2.24) is 5.32 Å². The van der Waals surface area contributed by atoms with E-state index < -0.39 is 5.97 Å². The van der Waals surface area contributed by atoms with Crippen LogP contribution in [0.2, 0.25) is 0 Å². The van der Waals surface area contributed by atoms with Crippen LogP contribution in [0.4, 0.5) is 5.69 Å². The minimum absolute atomic E-state index is 0.103. The normalized spacial score (nSPS) is 15.5. The summed E-state index contributed by atoms with van der Waals surface area (Å²) >= 11 is 1.44. The van der Waals surface area contributed by atoms with Gasteiger partial charge < -0.3 is 15.4 Å². The summed E-state index contributed by atoms with van der Waals surface area (Å²) in [5.74, 6) is -1.09. The molecule has 1 aliphatic heterocycles. The Kier molecular flexibility index (Phi) is 5.81. The number of rotatable bonds is 5. The van der Waals surface area contributed by atoms with Gasteiger partial charge in [0.1, 0.15) is 0 Å². The summed E-state index contributed by atoms with van der Waals surface area (Å²) in [6.45, 7) is 3.82. The molecule has 140 valence electrons. The topological polar surface area (TPSA) is 84.5 Å². The molecule has 0 fully saturated rings. The molecule has 1 atom stereocenters. The Balaban J connectivity index is 1.51. The molecule has 1 aliphatic rings. The zero-order chi connectivity index (χ0) is 19.4. The summed E-state index contributed by atoms with van der Waals surface area (Å²) in [7, 11) is 0. The van der Waals surface area contributed by atoms with E-state index in [1.807, 2.05) is 38.1 Å². The highest BCUT2D eigenvalue weighted by atomic mass is 32.2. The van der Waals surface area contributed by atoms with Crippen LogP contribution in [-0.2, 0) is 20.9 Å². The first-order valence-electron chi connectivity index (χ1n) is 8.53. The zero-order valence-electron chi connectivity index (χ0n) is 15.1. The first-order chi connectivity index (χ1) is 12.9. The van der Waals surface area contributed by atoms with Crippen LogP contribution in [0.25, 0.3) is 0 Å². The Bertz CT molecular complexity index is 880. The fourth-order valence-electron chi connectivity index (χ4n) is 2.51. The Morgan fingerprint density at radius 3 is 2.67 bits per heavy atom. The van der Waals surface area contributed by atoms with E-state index >= 15 is 0 Å². The van der Waals surface area contributed by atoms with E-state index in [2.05, 4.69) is 10.6 Å². The van der Waals surface area contributed by atoms with Gasteiger partial charge in [-0.2, -0.15) is 0 Å². The molecule has 3 rings (SSSR count). The van der Waals surface area contributed by atoms with E-state index in [1.54, 1.807) is 18.2 Å². The number of hydrogen-bond acceptors (Lipinski definition) is 5. The highest BCUT2D eigenvalue weighted by Gasteiger charge is 2.24. The number of esters is 1. The molecule has 7 heteroatoms. The molecule has 0 saturated carbocycles. The fraction of sp³-hybridized carbons (Fsp3) is 0.250. The highest BCUT2D eigenvalue weighted by Crippen LogP contribution is 2.35. The number of thioether (sulfide) groups is 1. The smallest absolute Gasteiger partial charge is 0.338 e. The minimum atomic E-state index is -0.610. The molecule has 0 saturated heterocycles. The van der Waals surface area contributed by atoms with Crippen molar-refractivity contribution in [3.63, 3.8) is 0 Å². The van der Waals surface area contributed by atoms with E-state index in [0.29, 0.717) is 12.2 Å². The molecule has 0 aliphatic carbocycles. The lowest BCUT2D eigenvalue weighted by Gasteiger charge is -2.21. The van der Waals surface area contributed by atoms with E-state index in [0.717, 1.165) is 16.0 Å². The van der Waals surface area contributed by atoms with Crippen LogP contribution in [-0.4, -0.2) is 29.6 Å². The Labute approximate surface area is 161 Å². The second-order valence-corrected chi connectivity index (χ2v) is 7.68. The summed E-state index contributed by atoms with van der Waals surface area (Å²) < 4.78 is 5.07. The first-order valence-corrected chi connectivity index (χ1v) is 9.41. The summed E-state index contributed by atoms with van der Waals surface area (Å²) in [5, 5.41) is 5.30. The first kappa shape index (κ1) is 19.0. The summed E-state index contributed by atoms with van der Waals surface area (Å²) in [5.41, 5.74) is 2.99. The largest absolute Gasteiger partial charge is 0.452 e. The molecule has 2 amide bonds. The predicted octanol–water partition coefficient (Wildman–Crippen LogP) is 2.90. The molecule has 0 bridgehead atoms. The van der Waals surface area contributed by atoms with Crippen LogP contribution in [0.3, 0.4) is 0 Å². The number of ether oxygens (including phenoxy) is 1. The van der Waals surface area contributed by atoms with Gasteiger partial charge in [-0.05, 0) is 37.6 Å². The van der Waals surface area contributed by atoms with Crippen LogP contribution in [0, 0.1) is 6.92 Å². The molecular weight excluding hydrogens is 364 g/mol. The van der Waals surface area contributed by atoms with Crippen molar-refractivity contribution in [2.45, 2.75) is 30.5 Å². The van der Waals surface area contributed by atoms with Crippen molar-refractivity contribution in [1.29, 1.82) is 0 Å². The molecule has 0 spiro atoms. The maximum absolute atomic E-state index is 12.2. The van der Waals surface area contributed by atoms with Crippen LogP contribution < -0.4 is 10.6 Å². The number of carbonyl (C=O) groups excluding carboxylic acids is 3. The van der Waals surface area contributed by atoms with Gasteiger partial charge in [-0.25, -0.2) is 4.79 Å². The molecule has 2 N–H and O–H groups in total. The van der Waals surface area contributed by atoms with Crippen molar-refractivity contribution < 1.29 is 19.1 Å². The monoisotopic (exact) mass is 384 g/mol. The standard InChI is InChI=1S/C20H20N2O4S/c1-12-3-5-14(6-4-12)10-21-18(23)11-26-20(25)15-7-8-17-16(9-15)22-19(24)13(2)27-17/h3-9,13H,10-11H2,1-2H3,(H,21,23)(H,22,24). The van der Waals surface area contributed by atoms with Crippen LogP contribution >= 0.6 is 11.8 Å². The number of carbonyl (C=O) groups is 3. The van der Waals surface area contributed by atoms with E-state index in [-0.39, 0.29) is 29.2 Å². The number of amides is 2. The molecule has 1 heterocycles. The average Bonchev–Trinajstić information content (AvgIpc) is 2.66. The van der Waals surface area contributed by atoms with Gasteiger partial charge in [0, 0.05) is 11.4 Å². The maximum Gasteiger partial charge on any atom is 0.338 e. The van der Waals surface area contributed by atoms with Crippen molar-refractivity contribution in [3.8, 4) is 0 Å². The summed E-state index contributed by atoms with van der Waals surface area (Å²) in [6, 6.07) is 12.8. The summed E-state index contributed by atoms with van der Waals surface area (Å²) in [6.07, 6.45) is 0. The van der Waals surface area contributed by atoms with Crippen molar-refractivity contribution in [2.24, 2.45) is 0 Å². The molecule has 6 nitrogen and oxygen atoms in total. The number of aryl methyl sites for hydroxylation is 1. The Morgan fingerprint density at radius 2 is 1.93 bits per heavy atom. The van der Waals surface area contributed by atoms with Crippen LogP contribution in [0.1, 0.15) is 28.4 Å².